The largest absolute Gasteiger partial charge is 0.450 e. The Hall–Kier alpha value is -2.45. The molecule has 18 heavy (non-hydrogen) atoms. The number of primary amides is 1. The van der Waals surface area contributed by atoms with Crippen LogP contribution in [0.3, 0.4) is 0 Å². The third-order valence-corrected chi connectivity index (χ3v) is 1.61. The molecule has 3 amide bonds. The predicted octanol–water partition coefficient (Wildman–Crippen LogP) is -2.53. The number of ketones is 2. The highest BCUT2D eigenvalue weighted by molar-refractivity contribution is 6.43. The topological polar surface area (TPSA) is 145 Å². The van der Waals surface area contributed by atoms with E-state index in [2.05, 4.69) is 21.1 Å². The molecule has 0 radical (unpaired) electrons. The highest BCUT2D eigenvalue weighted by atomic mass is 16.5. The molecule has 0 atom stereocenters. The molecule has 9 heteroatoms. The average molecular weight is 259 g/mol. The molecule has 0 aromatic rings. The van der Waals surface area contributed by atoms with E-state index in [0.29, 0.717) is 6.61 Å². The third-order valence-electron chi connectivity index (χ3n) is 1.61. The fourth-order valence-electron chi connectivity index (χ4n) is 0.608. The van der Waals surface area contributed by atoms with Crippen LogP contribution in [0.25, 0.3) is 0 Å². The molecule has 0 spiro atoms. The fourth-order valence-corrected chi connectivity index (χ4v) is 0.608. The van der Waals surface area contributed by atoms with E-state index < -0.39 is 17.9 Å². The van der Waals surface area contributed by atoms with Crippen LogP contribution in [0.15, 0.2) is 0 Å². The first-order valence-corrected chi connectivity index (χ1v) is 4.92. The normalized spacial score (nSPS) is 15.4. The second-order valence-electron chi connectivity index (χ2n) is 2.96. The van der Waals surface area contributed by atoms with E-state index >= 15 is 0 Å². The zero-order valence-electron chi connectivity index (χ0n) is 9.65. The van der Waals surface area contributed by atoms with Gasteiger partial charge in [0.05, 0.1) is 19.7 Å². The van der Waals surface area contributed by atoms with Gasteiger partial charge in [-0.25, -0.2) is 4.79 Å². The van der Waals surface area contributed by atoms with Crippen LogP contribution in [0, 0.1) is 0 Å². The lowest BCUT2D eigenvalue weighted by molar-refractivity contribution is -0.143. The second-order valence-corrected chi connectivity index (χ2v) is 2.96. The molecule has 100 valence electrons. The molecule has 0 aromatic carbocycles. The van der Waals surface area contributed by atoms with E-state index in [1.165, 1.54) is 0 Å². The molecule has 4 N–H and O–H groups in total. The van der Waals surface area contributed by atoms with Gasteiger partial charge in [0.2, 0.25) is 11.6 Å². The standard InChI is InChI=1S/2C3H3NO2.C3H7NO2/c2*5-2-1-4-3(2)6;1-2-6-3(4)5/h2*1H2,(H,4,6);2H2,1H3,(H2,4,5). The number of Topliss-reactive ketones (excluding diaryl/α,β-unsaturated/α-hetero) is 2. The highest BCUT2D eigenvalue weighted by Gasteiger charge is 2.22. The second kappa shape index (κ2) is 7.76. The van der Waals surface area contributed by atoms with Crippen molar-refractivity contribution < 1.29 is 28.7 Å². The number of nitrogens with two attached hydrogens (primary N) is 1. The van der Waals surface area contributed by atoms with E-state index in [9.17, 15) is 24.0 Å². The van der Waals surface area contributed by atoms with Gasteiger partial charge in [0.15, 0.2) is 0 Å². The van der Waals surface area contributed by atoms with E-state index in [4.69, 9.17) is 0 Å². The maximum absolute atomic E-state index is 9.82. The van der Waals surface area contributed by atoms with Crippen molar-refractivity contribution in [3.05, 3.63) is 0 Å². The van der Waals surface area contributed by atoms with Gasteiger partial charge in [-0.05, 0) is 6.92 Å². The molecule has 0 bridgehead atoms. The predicted molar refractivity (Wildman–Crippen MR) is 57.2 cm³/mol. The van der Waals surface area contributed by atoms with E-state index in [0.717, 1.165) is 0 Å². The van der Waals surface area contributed by atoms with Crippen molar-refractivity contribution >= 4 is 29.5 Å². The summed E-state index contributed by atoms with van der Waals surface area (Å²) in [5, 5.41) is 4.54. The van der Waals surface area contributed by atoms with Gasteiger partial charge in [0.25, 0.3) is 11.8 Å². The Morgan fingerprint density at radius 3 is 1.44 bits per heavy atom. The van der Waals surface area contributed by atoms with Crippen LogP contribution >= 0.6 is 0 Å². The summed E-state index contributed by atoms with van der Waals surface area (Å²) in [6.07, 6.45) is -0.711. The summed E-state index contributed by atoms with van der Waals surface area (Å²) in [6, 6.07) is 0. The third kappa shape index (κ3) is 6.20. The summed E-state index contributed by atoms with van der Waals surface area (Å²) in [5.74, 6) is -1.52. The molecule has 2 heterocycles. The van der Waals surface area contributed by atoms with Crippen molar-refractivity contribution in [1.82, 2.24) is 10.6 Å². The molecule has 0 aromatic heterocycles. The number of amides is 3. The molecule has 2 aliphatic rings. The number of hydrogen-bond donors (Lipinski definition) is 3. The minimum atomic E-state index is -0.711. The Labute approximate surface area is 102 Å². The summed E-state index contributed by atoms with van der Waals surface area (Å²) < 4.78 is 4.18. The molecule has 9 nitrogen and oxygen atoms in total. The first-order chi connectivity index (χ1) is 8.38. The van der Waals surface area contributed by atoms with E-state index in [1.54, 1.807) is 6.92 Å². The van der Waals surface area contributed by atoms with Crippen LogP contribution in [0.4, 0.5) is 4.79 Å². The molecule has 2 aliphatic heterocycles. The van der Waals surface area contributed by atoms with Crippen LogP contribution in [0.1, 0.15) is 6.92 Å². The summed E-state index contributed by atoms with van der Waals surface area (Å²) in [6.45, 7) is 2.53. The van der Waals surface area contributed by atoms with Crippen molar-refractivity contribution in [2.45, 2.75) is 6.92 Å². The van der Waals surface area contributed by atoms with Crippen LogP contribution in [0.2, 0.25) is 0 Å². The number of hydrogen-bond acceptors (Lipinski definition) is 6. The molecular formula is C9H13N3O6. The van der Waals surface area contributed by atoms with E-state index in [1.807, 2.05) is 0 Å². The van der Waals surface area contributed by atoms with Crippen molar-refractivity contribution in [2.75, 3.05) is 19.7 Å². The van der Waals surface area contributed by atoms with Crippen LogP contribution in [-0.2, 0) is 23.9 Å². The minimum absolute atomic E-state index is 0.235. The lowest BCUT2D eigenvalue weighted by Crippen LogP contribution is -2.49. The number of β-lactam (4-membered cyclic amide) rings is 2. The molecule has 0 unspecified atom stereocenters. The zero-order chi connectivity index (χ0) is 14.1. The average Bonchev–Trinajstić information content (AvgIpc) is 2.35. The summed E-state index contributed by atoms with van der Waals surface area (Å²) in [5.41, 5.74) is 4.54. The lowest BCUT2D eigenvalue weighted by atomic mass is 10.2. The van der Waals surface area contributed by atoms with Crippen molar-refractivity contribution in [2.24, 2.45) is 5.73 Å². The number of ether oxygens (including phenoxy) is 1. The van der Waals surface area contributed by atoms with Crippen molar-refractivity contribution in [3.8, 4) is 0 Å². The van der Waals surface area contributed by atoms with Gasteiger partial charge in [0.1, 0.15) is 0 Å². The lowest BCUT2D eigenvalue weighted by Gasteiger charge is -2.08. The quantitative estimate of drug-likeness (QED) is 0.350. The Kier molecular flexibility index (Phi) is 6.71. The van der Waals surface area contributed by atoms with Crippen molar-refractivity contribution in [1.29, 1.82) is 0 Å². The van der Waals surface area contributed by atoms with Crippen molar-refractivity contribution in [3.63, 3.8) is 0 Å². The molecule has 2 rings (SSSR count). The SMILES string of the molecule is CCOC(N)=O.O=C1CNC1=O.O=C1CNC1=O. The van der Waals surface area contributed by atoms with E-state index in [-0.39, 0.29) is 24.7 Å². The fraction of sp³-hybridized carbons (Fsp3) is 0.444. The Balaban J connectivity index is 0.000000241. The van der Waals surface area contributed by atoms with Gasteiger partial charge in [-0.1, -0.05) is 0 Å². The molecule has 2 fully saturated rings. The Morgan fingerprint density at radius 1 is 1.11 bits per heavy atom. The number of carbonyl (C=O) groups is 5. The monoisotopic (exact) mass is 259 g/mol. The van der Waals surface area contributed by atoms with Gasteiger partial charge in [-0.3, -0.25) is 19.2 Å². The van der Waals surface area contributed by atoms with Gasteiger partial charge in [0, 0.05) is 0 Å². The highest BCUT2D eigenvalue weighted by Crippen LogP contribution is 1.80. The summed E-state index contributed by atoms with van der Waals surface area (Å²) in [7, 11) is 0. The van der Waals surface area contributed by atoms with Gasteiger partial charge in [-0.2, -0.15) is 0 Å². The molecule has 0 saturated carbocycles. The maximum atomic E-state index is 9.82. The minimum Gasteiger partial charge on any atom is -0.450 e. The number of rotatable bonds is 1. The first kappa shape index (κ1) is 15.6. The maximum Gasteiger partial charge on any atom is 0.404 e. The van der Waals surface area contributed by atoms with Gasteiger partial charge in [-0.15, -0.1) is 0 Å². The molecular weight excluding hydrogens is 246 g/mol. The van der Waals surface area contributed by atoms with Crippen LogP contribution < -0.4 is 16.4 Å². The van der Waals surface area contributed by atoms with Crippen LogP contribution in [-0.4, -0.2) is 49.2 Å². The Bertz CT molecular complexity index is 322. The zero-order valence-corrected chi connectivity index (χ0v) is 9.65. The smallest absolute Gasteiger partial charge is 0.404 e. The number of carbonyl (C=O) groups excluding carboxylic acids is 5. The van der Waals surface area contributed by atoms with Crippen LogP contribution in [0.5, 0.6) is 0 Å². The molecule has 2 saturated heterocycles. The first-order valence-electron chi connectivity index (χ1n) is 4.92. The Morgan fingerprint density at radius 2 is 1.44 bits per heavy atom. The van der Waals surface area contributed by atoms with Gasteiger partial charge < -0.3 is 21.1 Å². The summed E-state index contributed by atoms with van der Waals surface area (Å²) in [4.78, 5) is 48.8. The summed E-state index contributed by atoms with van der Waals surface area (Å²) >= 11 is 0. The van der Waals surface area contributed by atoms with Gasteiger partial charge >= 0.3 is 6.09 Å². The number of nitrogens with one attached hydrogen (secondary N) is 2. The molecule has 0 aliphatic carbocycles.